The molecular formula is C30H26O6. The van der Waals surface area contributed by atoms with Crippen LogP contribution in [0.3, 0.4) is 0 Å². The van der Waals surface area contributed by atoms with Crippen molar-refractivity contribution in [3.8, 4) is 33.8 Å². The van der Waals surface area contributed by atoms with Gasteiger partial charge in [0.15, 0.2) is 13.2 Å². The smallest absolute Gasteiger partial charge is 0.344 e. The molecule has 4 rings (SSSR count). The highest BCUT2D eigenvalue weighted by Gasteiger charge is 2.11. The Morgan fingerprint density at radius 1 is 0.472 bits per heavy atom. The van der Waals surface area contributed by atoms with Crippen molar-refractivity contribution >= 4 is 11.9 Å². The molecule has 0 atom stereocenters. The molecule has 0 amide bonds. The van der Waals surface area contributed by atoms with Gasteiger partial charge in [0, 0.05) is 11.1 Å². The van der Waals surface area contributed by atoms with Crippen LogP contribution in [0.1, 0.15) is 0 Å². The molecule has 36 heavy (non-hydrogen) atoms. The lowest BCUT2D eigenvalue weighted by Crippen LogP contribution is -2.21. The molecule has 0 aliphatic carbocycles. The molecule has 0 saturated carbocycles. The molecule has 0 aromatic heterocycles. The van der Waals surface area contributed by atoms with Gasteiger partial charge in [-0.15, -0.1) is 0 Å². The molecule has 0 radical (unpaired) electrons. The molecule has 6 heteroatoms. The largest absolute Gasteiger partial charge is 0.481 e. The summed E-state index contributed by atoms with van der Waals surface area (Å²) in [6, 6.07) is 34.5. The van der Waals surface area contributed by atoms with Crippen LogP contribution in [0, 0.1) is 0 Å². The standard InChI is InChI=1S/C30H26O6/c31-29(21-35-27-17-9-7-15-25(27)23-11-3-1-4-12-23)33-19-20-34-30(32)22-36-28-18-10-8-16-26(28)24-13-5-2-6-14-24/h1-18H,19-22H2. The van der Waals surface area contributed by atoms with E-state index in [0.717, 1.165) is 22.3 Å². The normalized spacial score (nSPS) is 10.3. The molecule has 0 saturated heterocycles. The third-order valence-electron chi connectivity index (χ3n) is 5.24. The van der Waals surface area contributed by atoms with Crippen LogP contribution in [0.2, 0.25) is 0 Å². The predicted molar refractivity (Wildman–Crippen MR) is 137 cm³/mol. The summed E-state index contributed by atoms with van der Waals surface area (Å²) < 4.78 is 21.6. The summed E-state index contributed by atoms with van der Waals surface area (Å²) in [7, 11) is 0. The van der Waals surface area contributed by atoms with Crippen LogP contribution in [0.15, 0.2) is 109 Å². The van der Waals surface area contributed by atoms with Gasteiger partial charge in [-0.2, -0.15) is 0 Å². The van der Waals surface area contributed by atoms with Crippen LogP contribution in [-0.4, -0.2) is 38.4 Å². The Labute approximate surface area is 210 Å². The van der Waals surface area contributed by atoms with E-state index in [9.17, 15) is 9.59 Å². The maximum atomic E-state index is 12.1. The lowest BCUT2D eigenvalue weighted by Gasteiger charge is -2.12. The predicted octanol–water partition coefficient (Wildman–Crippen LogP) is 5.56. The number of hydrogen-bond donors (Lipinski definition) is 0. The second-order valence-electron chi connectivity index (χ2n) is 7.74. The fraction of sp³-hybridized carbons (Fsp3) is 0.133. The number of carbonyl (C=O) groups excluding carboxylic acids is 2. The van der Waals surface area contributed by atoms with Gasteiger partial charge in [-0.1, -0.05) is 97.1 Å². The molecule has 0 unspecified atom stereocenters. The monoisotopic (exact) mass is 482 g/mol. The number of rotatable bonds is 11. The average molecular weight is 483 g/mol. The zero-order chi connectivity index (χ0) is 25.0. The van der Waals surface area contributed by atoms with E-state index in [-0.39, 0.29) is 26.4 Å². The molecule has 6 nitrogen and oxygen atoms in total. The first kappa shape index (κ1) is 24.5. The summed E-state index contributed by atoms with van der Waals surface area (Å²) in [5, 5.41) is 0. The number of carbonyl (C=O) groups is 2. The highest BCUT2D eigenvalue weighted by atomic mass is 16.6. The first-order valence-electron chi connectivity index (χ1n) is 11.6. The summed E-state index contributed by atoms with van der Waals surface area (Å²) in [6.07, 6.45) is 0. The quantitative estimate of drug-likeness (QED) is 0.206. The Hall–Kier alpha value is -4.58. The fourth-order valence-electron chi connectivity index (χ4n) is 3.57. The Kier molecular flexibility index (Phi) is 8.70. The van der Waals surface area contributed by atoms with Crippen molar-refractivity contribution in [2.75, 3.05) is 26.4 Å². The molecule has 0 bridgehead atoms. The van der Waals surface area contributed by atoms with Crippen molar-refractivity contribution in [1.82, 2.24) is 0 Å². The van der Waals surface area contributed by atoms with Gasteiger partial charge in [0.25, 0.3) is 0 Å². The van der Waals surface area contributed by atoms with Crippen molar-refractivity contribution in [2.45, 2.75) is 0 Å². The van der Waals surface area contributed by atoms with E-state index >= 15 is 0 Å². The molecule has 0 aliphatic rings. The van der Waals surface area contributed by atoms with E-state index in [2.05, 4.69) is 0 Å². The van der Waals surface area contributed by atoms with Crippen LogP contribution in [0.4, 0.5) is 0 Å². The number of ether oxygens (including phenoxy) is 4. The topological polar surface area (TPSA) is 71.1 Å². The Morgan fingerprint density at radius 3 is 1.25 bits per heavy atom. The van der Waals surface area contributed by atoms with E-state index in [1.807, 2.05) is 97.1 Å². The number of esters is 2. The van der Waals surface area contributed by atoms with Crippen LogP contribution in [0.5, 0.6) is 11.5 Å². The van der Waals surface area contributed by atoms with E-state index in [0.29, 0.717) is 11.5 Å². The molecule has 0 aliphatic heterocycles. The van der Waals surface area contributed by atoms with Crippen molar-refractivity contribution < 1.29 is 28.5 Å². The highest BCUT2D eigenvalue weighted by molar-refractivity contribution is 5.75. The summed E-state index contributed by atoms with van der Waals surface area (Å²) in [4.78, 5) is 24.2. The van der Waals surface area contributed by atoms with E-state index in [1.165, 1.54) is 0 Å². The van der Waals surface area contributed by atoms with E-state index in [1.54, 1.807) is 12.1 Å². The average Bonchev–Trinajstić information content (AvgIpc) is 2.94. The van der Waals surface area contributed by atoms with Gasteiger partial charge in [0.1, 0.15) is 24.7 Å². The third kappa shape index (κ3) is 6.96. The first-order chi connectivity index (χ1) is 17.7. The molecule has 0 fully saturated rings. The molecule has 182 valence electrons. The second kappa shape index (κ2) is 12.8. The molecule has 4 aromatic carbocycles. The van der Waals surface area contributed by atoms with E-state index in [4.69, 9.17) is 18.9 Å². The van der Waals surface area contributed by atoms with Gasteiger partial charge >= 0.3 is 11.9 Å². The van der Waals surface area contributed by atoms with Crippen molar-refractivity contribution in [1.29, 1.82) is 0 Å². The van der Waals surface area contributed by atoms with Crippen LogP contribution >= 0.6 is 0 Å². The molecule has 4 aromatic rings. The molecule has 0 spiro atoms. The maximum absolute atomic E-state index is 12.1. The first-order valence-corrected chi connectivity index (χ1v) is 11.6. The lowest BCUT2D eigenvalue weighted by molar-refractivity contribution is -0.154. The Bertz CT molecular complexity index is 1170. The van der Waals surface area contributed by atoms with Gasteiger partial charge in [-0.3, -0.25) is 0 Å². The fourth-order valence-corrected chi connectivity index (χ4v) is 3.57. The van der Waals surface area contributed by atoms with E-state index < -0.39 is 11.9 Å². The minimum Gasteiger partial charge on any atom is -0.481 e. The van der Waals surface area contributed by atoms with Gasteiger partial charge in [-0.05, 0) is 23.3 Å². The summed E-state index contributed by atoms with van der Waals surface area (Å²) in [5.41, 5.74) is 3.74. The van der Waals surface area contributed by atoms with Crippen molar-refractivity contribution in [3.05, 3.63) is 109 Å². The van der Waals surface area contributed by atoms with Crippen LogP contribution in [0.25, 0.3) is 22.3 Å². The molecule has 0 N–H and O–H groups in total. The maximum Gasteiger partial charge on any atom is 0.344 e. The van der Waals surface area contributed by atoms with Crippen molar-refractivity contribution in [2.24, 2.45) is 0 Å². The zero-order valence-corrected chi connectivity index (χ0v) is 19.7. The van der Waals surface area contributed by atoms with Crippen LogP contribution in [-0.2, 0) is 19.1 Å². The number of benzene rings is 4. The van der Waals surface area contributed by atoms with Gasteiger partial charge in [-0.25, -0.2) is 9.59 Å². The summed E-state index contributed by atoms with van der Waals surface area (Å²) in [6.45, 7) is -0.655. The Morgan fingerprint density at radius 2 is 0.833 bits per heavy atom. The van der Waals surface area contributed by atoms with Gasteiger partial charge in [0.2, 0.25) is 0 Å². The summed E-state index contributed by atoms with van der Waals surface area (Å²) in [5.74, 6) is 0.0592. The summed E-state index contributed by atoms with van der Waals surface area (Å²) >= 11 is 0. The minimum atomic E-state index is -0.554. The van der Waals surface area contributed by atoms with Gasteiger partial charge < -0.3 is 18.9 Å². The third-order valence-corrected chi connectivity index (χ3v) is 5.24. The second-order valence-corrected chi connectivity index (χ2v) is 7.74. The highest BCUT2D eigenvalue weighted by Crippen LogP contribution is 2.30. The number of para-hydroxylation sites is 2. The zero-order valence-electron chi connectivity index (χ0n) is 19.7. The van der Waals surface area contributed by atoms with Crippen molar-refractivity contribution in [3.63, 3.8) is 0 Å². The molecule has 0 heterocycles. The lowest BCUT2D eigenvalue weighted by atomic mass is 10.1. The number of hydrogen-bond acceptors (Lipinski definition) is 6. The van der Waals surface area contributed by atoms with Crippen LogP contribution < -0.4 is 9.47 Å². The SMILES string of the molecule is O=C(COc1ccccc1-c1ccccc1)OCCOC(=O)COc1ccccc1-c1ccccc1. The minimum absolute atomic E-state index is 0.0745. The Balaban J connectivity index is 1.18. The van der Waals surface area contributed by atoms with Gasteiger partial charge in [0.05, 0.1) is 0 Å². The molecular weight excluding hydrogens is 456 g/mol.